The van der Waals surface area contributed by atoms with Gasteiger partial charge in [-0.05, 0) is 43.2 Å². The number of fused-ring (bicyclic) bond motifs is 1. The fourth-order valence-electron chi connectivity index (χ4n) is 2.50. The molecule has 0 amide bonds. The second kappa shape index (κ2) is 4.98. The Balaban J connectivity index is 1.97. The van der Waals surface area contributed by atoms with Gasteiger partial charge >= 0.3 is 0 Å². The van der Waals surface area contributed by atoms with E-state index in [0.717, 1.165) is 16.8 Å². The molecule has 3 rings (SSSR count). The number of carbonyl (C=O) groups excluding carboxylic acids is 2. The van der Waals surface area contributed by atoms with Crippen LogP contribution < -0.4 is 5.32 Å². The van der Waals surface area contributed by atoms with Gasteiger partial charge in [-0.15, -0.1) is 0 Å². The summed E-state index contributed by atoms with van der Waals surface area (Å²) in [6, 6.07) is 7.49. The van der Waals surface area contributed by atoms with E-state index in [2.05, 4.69) is 10.3 Å². The maximum atomic E-state index is 12.4. The molecule has 1 heterocycles. The number of benzene rings is 1. The third-order valence-electron chi connectivity index (χ3n) is 3.35. The highest BCUT2D eigenvalue weighted by molar-refractivity contribution is 6.25. The molecule has 0 fully saturated rings. The molecule has 0 radical (unpaired) electrons. The summed E-state index contributed by atoms with van der Waals surface area (Å²) < 4.78 is 0. The van der Waals surface area contributed by atoms with Crippen molar-refractivity contribution in [3.8, 4) is 0 Å². The third kappa shape index (κ3) is 2.48. The van der Waals surface area contributed by atoms with Crippen molar-refractivity contribution in [3.63, 3.8) is 0 Å². The minimum atomic E-state index is -0.211. The Bertz CT molecular complexity index is 771. The van der Waals surface area contributed by atoms with Gasteiger partial charge in [-0.1, -0.05) is 6.07 Å². The number of carbonyl (C=O) groups is 2. The summed E-state index contributed by atoms with van der Waals surface area (Å²) in [6.45, 7) is 3.97. The van der Waals surface area contributed by atoms with Crippen molar-refractivity contribution < 1.29 is 9.59 Å². The third-order valence-corrected chi connectivity index (χ3v) is 3.35. The first kappa shape index (κ1) is 13.2. The van der Waals surface area contributed by atoms with Gasteiger partial charge in [0.25, 0.3) is 0 Å². The Morgan fingerprint density at radius 3 is 2.43 bits per heavy atom. The van der Waals surface area contributed by atoms with Crippen molar-refractivity contribution in [2.24, 2.45) is 0 Å². The van der Waals surface area contributed by atoms with Crippen molar-refractivity contribution in [1.29, 1.82) is 0 Å². The van der Waals surface area contributed by atoms with Gasteiger partial charge in [-0.3, -0.25) is 14.6 Å². The molecular formula is C17H14N2O2. The molecule has 0 aliphatic heterocycles. The van der Waals surface area contributed by atoms with Crippen LogP contribution in [0.5, 0.6) is 0 Å². The fourth-order valence-corrected chi connectivity index (χ4v) is 2.50. The van der Waals surface area contributed by atoms with Crippen LogP contribution in [-0.2, 0) is 0 Å². The summed E-state index contributed by atoms with van der Waals surface area (Å²) in [5, 5.41) is 3.05. The number of hydrogen-bond donors (Lipinski definition) is 1. The summed E-state index contributed by atoms with van der Waals surface area (Å²) in [6.07, 6.45) is 4.30. The van der Waals surface area contributed by atoms with Gasteiger partial charge in [0.2, 0.25) is 5.78 Å². The Morgan fingerprint density at radius 1 is 1.00 bits per heavy atom. The van der Waals surface area contributed by atoms with Gasteiger partial charge in [-0.25, -0.2) is 0 Å². The van der Waals surface area contributed by atoms with E-state index >= 15 is 0 Å². The van der Waals surface area contributed by atoms with Gasteiger partial charge in [0, 0.05) is 29.7 Å². The molecule has 21 heavy (non-hydrogen) atoms. The number of nitrogens with zero attached hydrogens (tertiary/aromatic N) is 1. The molecule has 0 saturated carbocycles. The number of nitrogens with one attached hydrogen (secondary N) is 1. The first-order valence-electron chi connectivity index (χ1n) is 6.64. The van der Waals surface area contributed by atoms with Gasteiger partial charge < -0.3 is 5.32 Å². The Labute approximate surface area is 122 Å². The quantitative estimate of drug-likeness (QED) is 0.917. The minimum absolute atomic E-state index is 0.182. The highest BCUT2D eigenvalue weighted by Gasteiger charge is 2.25. The molecule has 0 spiro atoms. The lowest BCUT2D eigenvalue weighted by Gasteiger charge is -2.16. The van der Waals surface area contributed by atoms with E-state index in [1.807, 2.05) is 32.0 Å². The number of anilines is 1. The predicted molar refractivity (Wildman–Crippen MR) is 80.5 cm³/mol. The molecule has 4 heteroatoms. The smallest absolute Gasteiger partial charge is 0.211 e. The normalized spacial score (nSPS) is 13.7. The van der Waals surface area contributed by atoms with Crippen molar-refractivity contribution in [2.45, 2.75) is 13.8 Å². The number of rotatable bonds is 2. The predicted octanol–water partition coefficient (Wildman–Crippen LogP) is 3.07. The zero-order valence-electron chi connectivity index (χ0n) is 11.8. The summed E-state index contributed by atoms with van der Waals surface area (Å²) in [5.41, 5.74) is 4.01. The topological polar surface area (TPSA) is 59.1 Å². The maximum absolute atomic E-state index is 12.4. The molecule has 0 bridgehead atoms. The highest BCUT2D eigenvalue weighted by Crippen LogP contribution is 2.23. The van der Waals surface area contributed by atoms with E-state index in [4.69, 9.17) is 0 Å². The lowest BCUT2D eigenvalue weighted by Crippen LogP contribution is -2.21. The average Bonchev–Trinajstić information content (AvgIpc) is 2.43. The van der Waals surface area contributed by atoms with Crippen molar-refractivity contribution in [3.05, 3.63) is 70.7 Å². The number of hydrogen-bond acceptors (Lipinski definition) is 4. The van der Waals surface area contributed by atoms with Crippen molar-refractivity contribution in [1.82, 2.24) is 4.98 Å². The van der Waals surface area contributed by atoms with Crippen LogP contribution in [0.4, 0.5) is 5.69 Å². The molecular weight excluding hydrogens is 264 g/mol. The molecule has 1 aromatic heterocycles. The molecule has 1 aliphatic rings. The molecule has 1 aliphatic carbocycles. The number of allylic oxidation sites excluding steroid dienone is 2. The van der Waals surface area contributed by atoms with Crippen LogP contribution in [0.15, 0.2) is 48.4 Å². The van der Waals surface area contributed by atoms with Crippen molar-refractivity contribution >= 4 is 17.3 Å². The van der Waals surface area contributed by atoms with Gasteiger partial charge in [0.15, 0.2) is 5.78 Å². The molecule has 2 aromatic rings. The minimum Gasteiger partial charge on any atom is -0.352 e. The lowest BCUT2D eigenvalue weighted by atomic mass is 9.94. The number of Topliss-reactive ketones (excluding diaryl/α,β-unsaturated/α-hetero) is 1. The number of aromatic nitrogens is 1. The van der Waals surface area contributed by atoms with Crippen LogP contribution in [0.25, 0.3) is 0 Å². The average molecular weight is 278 g/mol. The van der Waals surface area contributed by atoms with Crippen LogP contribution in [0.2, 0.25) is 0 Å². The van der Waals surface area contributed by atoms with E-state index in [1.165, 1.54) is 18.5 Å². The summed E-state index contributed by atoms with van der Waals surface area (Å²) >= 11 is 0. The highest BCUT2D eigenvalue weighted by atomic mass is 16.1. The Morgan fingerprint density at radius 2 is 1.71 bits per heavy atom. The van der Waals surface area contributed by atoms with E-state index in [-0.39, 0.29) is 17.3 Å². The Hall–Kier alpha value is -2.75. The van der Waals surface area contributed by atoms with Crippen LogP contribution in [0.1, 0.15) is 31.8 Å². The zero-order valence-corrected chi connectivity index (χ0v) is 11.8. The van der Waals surface area contributed by atoms with Gasteiger partial charge in [-0.2, -0.15) is 0 Å². The van der Waals surface area contributed by atoms with E-state index < -0.39 is 0 Å². The van der Waals surface area contributed by atoms with Gasteiger partial charge in [0.1, 0.15) is 0 Å². The first-order chi connectivity index (χ1) is 10.0. The van der Waals surface area contributed by atoms with Crippen molar-refractivity contribution in [2.75, 3.05) is 5.32 Å². The zero-order chi connectivity index (χ0) is 15.0. The molecule has 0 atom stereocenters. The molecule has 4 nitrogen and oxygen atoms in total. The molecule has 1 aromatic carbocycles. The summed E-state index contributed by atoms with van der Waals surface area (Å²) in [4.78, 5) is 28.4. The van der Waals surface area contributed by atoms with Gasteiger partial charge in [0.05, 0.1) is 11.3 Å². The van der Waals surface area contributed by atoms with Crippen LogP contribution in [-0.4, -0.2) is 16.6 Å². The first-order valence-corrected chi connectivity index (χ1v) is 6.64. The van der Waals surface area contributed by atoms with E-state index in [1.54, 1.807) is 6.07 Å². The number of pyridine rings is 1. The van der Waals surface area contributed by atoms with E-state index in [9.17, 15) is 9.59 Å². The summed E-state index contributed by atoms with van der Waals surface area (Å²) in [5.74, 6) is -0.393. The monoisotopic (exact) mass is 278 g/mol. The molecule has 104 valence electrons. The molecule has 0 unspecified atom stereocenters. The van der Waals surface area contributed by atoms with Crippen LogP contribution >= 0.6 is 0 Å². The second-order valence-corrected chi connectivity index (χ2v) is 5.17. The molecule has 1 N–H and O–H groups in total. The van der Waals surface area contributed by atoms with E-state index in [0.29, 0.717) is 11.1 Å². The van der Waals surface area contributed by atoms with Crippen LogP contribution in [0.3, 0.4) is 0 Å². The fraction of sp³-hybridized carbons (Fsp3) is 0.118. The summed E-state index contributed by atoms with van der Waals surface area (Å²) in [7, 11) is 0. The lowest BCUT2D eigenvalue weighted by molar-refractivity contribution is 0.0985. The number of ketones is 2. The molecule has 0 saturated heterocycles. The largest absolute Gasteiger partial charge is 0.352 e. The van der Waals surface area contributed by atoms with Crippen LogP contribution in [0, 0.1) is 13.8 Å². The SMILES string of the molecule is Cc1cc(C)cc(NC2=CC(=O)c3ccncc3C2=O)c1. The maximum Gasteiger partial charge on any atom is 0.211 e. The Kier molecular flexibility index (Phi) is 3.14. The standard InChI is InChI=1S/C17H14N2O2/c1-10-5-11(2)7-12(6-10)19-15-8-16(20)13-3-4-18-9-14(13)17(15)21/h3-9,19H,1-2H3. The second-order valence-electron chi connectivity index (χ2n) is 5.17. The number of aryl methyl sites for hydroxylation is 2.